The Bertz CT molecular complexity index is 905. The SMILES string of the molecule is CCOC(=O)N1CCN(C(=O)CSc2nnc(-c3cn(CC)nc3OCC)n2C)CC1. The number of piperazine rings is 1. The van der Waals surface area contributed by atoms with Crippen molar-refractivity contribution < 1.29 is 19.1 Å². The molecule has 3 rings (SSSR count). The van der Waals surface area contributed by atoms with E-state index < -0.39 is 0 Å². The van der Waals surface area contributed by atoms with Gasteiger partial charge in [0.05, 0.1) is 19.0 Å². The van der Waals surface area contributed by atoms with Gasteiger partial charge in [0.1, 0.15) is 5.56 Å². The molecule has 1 aliphatic rings. The Kier molecular flexibility index (Phi) is 7.77. The maximum Gasteiger partial charge on any atom is 0.409 e. The fourth-order valence-corrected chi connectivity index (χ4v) is 4.02. The van der Waals surface area contributed by atoms with Crippen molar-refractivity contribution in [1.82, 2.24) is 34.3 Å². The zero-order valence-corrected chi connectivity index (χ0v) is 19.2. The Labute approximate surface area is 185 Å². The maximum absolute atomic E-state index is 12.6. The van der Waals surface area contributed by atoms with Gasteiger partial charge in [-0.1, -0.05) is 11.8 Å². The summed E-state index contributed by atoms with van der Waals surface area (Å²) in [4.78, 5) is 27.8. The van der Waals surface area contributed by atoms with Crippen LogP contribution in [0.15, 0.2) is 11.4 Å². The van der Waals surface area contributed by atoms with E-state index in [0.717, 1.165) is 12.1 Å². The number of ether oxygens (including phenoxy) is 2. The fourth-order valence-electron chi connectivity index (χ4n) is 3.21. The topological polar surface area (TPSA) is 108 Å². The van der Waals surface area contributed by atoms with Gasteiger partial charge in [0, 0.05) is 46.0 Å². The first-order valence-electron chi connectivity index (χ1n) is 10.4. The van der Waals surface area contributed by atoms with E-state index in [4.69, 9.17) is 9.47 Å². The lowest BCUT2D eigenvalue weighted by molar-refractivity contribution is -0.129. The van der Waals surface area contributed by atoms with Gasteiger partial charge in [-0.15, -0.1) is 15.3 Å². The van der Waals surface area contributed by atoms with Crippen LogP contribution >= 0.6 is 11.8 Å². The summed E-state index contributed by atoms with van der Waals surface area (Å²) in [6.45, 7) is 9.21. The third kappa shape index (κ3) is 5.30. The minimum atomic E-state index is -0.326. The number of hydrogen-bond donors (Lipinski definition) is 0. The number of amides is 2. The van der Waals surface area contributed by atoms with Crippen LogP contribution in [0.4, 0.5) is 4.79 Å². The lowest BCUT2D eigenvalue weighted by atomic mass is 10.3. The summed E-state index contributed by atoms with van der Waals surface area (Å²) in [6.07, 6.45) is 1.56. The van der Waals surface area contributed by atoms with Crippen molar-refractivity contribution in [1.29, 1.82) is 0 Å². The highest BCUT2D eigenvalue weighted by Crippen LogP contribution is 2.29. The van der Waals surface area contributed by atoms with Crippen LogP contribution in [-0.2, 0) is 23.1 Å². The highest BCUT2D eigenvalue weighted by Gasteiger charge is 2.25. The van der Waals surface area contributed by atoms with Crippen LogP contribution in [0.2, 0.25) is 0 Å². The predicted molar refractivity (Wildman–Crippen MR) is 115 cm³/mol. The molecule has 2 aromatic rings. The number of carbonyl (C=O) groups excluding carboxylic acids is 2. The number of hydrogen-bond acceptors (Lipinski definition) is 8. The molecule has 3 heterocycles. The second-order valence-electron chi connectivity index (χ2n) is 6.86. The first-order chi connectivity index (χ1) is 15.0. The Morgan fingerprint density at radius 3 is 2.42 bits per heavy atom. The fraction of sp³-hybridized carbons (Fsp3) is 0.632. The quantitative estimate of drug-likeness (QED) is 0.556. The smallest absolute Gasteiger partial charge is 0.409 e. The minimum Gasteiger partial charge on any atom is -0.476 e. The molecule has 0 unspecified atom stereocenters. The predicted octanol–water partition coefficient (Wildman–Crippen LogP) is 1.49. The van der Waals surface area contributed by atoms with Crippen LogP contribution in [0.1, 0.15) is 20.8 Å². The summed E-state index contributed by atoms with van der Waals surface area (Å²) in [5.74, 6) is 1.41. The lowest BCUT2D eigenvalue weighted by Gasteiger charge is -2.34. The molecule has 31 heavy (non-hydrogen) atoms. The summed E-state index contributed by atoms with van der Waals surface area (Å²) in [5.41, 5.74) is 0.770. The summed E-state index contributed by atoms with van der Waals surface area (Å²) in [5, 5.41) is 13.6. The zero-order valence-electron chi connectivity index (χ0n) is 18.4. The molecule has 1 aliphatic heterocycles. The van der Waals surface area contributed by atoms with Gasteiger partial charge in [-0.25, -0.2) is 4.79 Å². The number of aryl methyl sites for hydroxylation is 1. The van der Waals surface area contributed by atoms with Crippen molar-refractivity contribution in [2.24, 2.45) is 7.05 Å². The van der Waals surface area contributed by atoms with Crippen LogP contribution in [0.25, 0.3) is 11.4 Å². The van der Waals surface area contributed by atoms with Gasteiger partial charge in [-0.3, -0.25) is 9.48 Å². The highest BCUT2D eigenvalue weighted by molar-refractivity contribution is 7.99. The summed E-state index contributed by atoms with van der Waals surface area (Å²) >= 11 is 1.34. The maximum atomic E-state index is 12.6. The van der Waals surface area contributed by atoms with Gasteiger partial charge in [0.25, 0.3) is 0 Å². The number of rotatable bonds is 8. The van der Waals surface area contributed by atoms with E-state index in [0.29, 0.717) is 56.3 Å². The Balaban J connectivity index is 1.59. The van der Waals surface area contributed by atoms with E-state index >= 15 is 0 Å². The van der Waals surface area contributed by atoms with Crippen molar-refractivity contribution in [3.8, 4) is 17.3 Å². The summed E-state index contributed by atoms with van der Waals surface area (Å²) in [6, 6.07) is 0. The molecular weight excluding hydrogens is 422 g/mol. The molecule has 0 radical (unpaired) electrons. The zero-order chi connectivity index (χ0) is 22.4. The van der Waals surface area contributed by atoms with Crippen LogP contribution in [0, 0.1) is 0 Å². The summed E-state index contributed by atoms with van der Waals surface area (Å²) < 4.78 is 14.3. The lowest BCUT2D eigenvalue weighted by Crippen LogP contribution is -2.51. The van der Waals surface area contributed by atoms with Gasteiger partial charge in [-0.2, -0.15) is 0 Å². The first kappa shape index (κ1) is 22.9. The molecule has 0 atom stereocenters. The van der Waals surface area contributed by atoms with E-state index in [1.807, 2.05) is 31.7 Å². The van der Waals surface area contributed by atoms with Gasteiger partial charge in [0.15, 0.2) is 11.0 Å². The van der Waals surface area contributed by atoms with E-state index in [9.17, 15) is 9.59 Å². The molecule has 0 N–H and O–H groups in total. The highest BCUT2D eigenvalue weighted by atomic mass is 32.2. The van der Waals surface area contributed by atoms with Crippen LogP contribution in [0.5, 0.6) is 5.88 Å². The third-order valence-corrected chi connectivity index (χ3v) is 5.90. The third-order valence-electron chi connectivity index (χ3n) is 4.89. The van der Waals surface area contributed by atoms with Crippen LogP contribution < -0.4 is 4.74 Å². The molecule has 0 aromatic carbocycles. The minimum absolute atomic E-state index is 0.00636. The van der Waals surface area contributed by atoms with E-state index in [1.165, 1.54) is 11.8 Å². The molecule has 12 heteroatoms. The molecule has 170 valence electrons. The molecule has 0 aliphatic carbocycles. The Morgan fingerprint density at radius 1 is 1.06 bits per heavy atom. The van der Waals surface area contributed by atoms with Crippen LogP contribution in [-0.4, -0.2) is 91.5 Å². The standard InChI is InChI=1S/C19H29N7O4S/c1-5-26-12-14(17(22-26)29-6-2)16-20-21-18(23(16)4)31-13-15(27)24-8-10-25(11-9-24)19(28)30-7-3/h12H,5-11,13H2,1-4H3. The number of thioether (sulfide) groups is 1. The second kappa shape index (κ2) is 10.5. The molecule has 11 nitrogen and oxygen atoms in total. The van der Waals surface area contributed by atoms with Crippen molar-refractivity contribution in [2.75, 3.05) is 45.1 Å². The molecule has 0 bridgehead atoms. The summed E-state index contributed by atoms with van der Waals surface area (Å²) in [7, 11) is 1.86. The van der Waals surface area contributed by atoms with Crippen molar-refractivity contribution >= 4 is 23.8 Å². The normalized spacial score (nSPS) is 14.1. The molecule has 1 fully saturated rings. The largest absolute Gasteiger partial charge is 0.476 e. The van der Waals surface area contributed by atoms with Gasteiger partial charge in [0.2, 0.25) is 11.8 Å². The second-order valence-corrected chi connectivity index (χ2v) is 7.80. The monoisotopic (exact) mass is 451 g/mol. The number of nitrogens with zero attached hydrogens (tertiary/aromatic N) is 7. The molecule has 0 spiro atoms. The molecule has 2 amide bonds. The van der Waals surface area contributed by atoms with Crippen LogP contribution in [0.3, 0.4) is 0 Å². The van der Waals surface area contributed by atoms with E-state index in [-0.39, 0.29) is 17.8 Å². The average molecular weight is 452 g/mol. The average Bonchev–Trinajstić information content (AvgIpc) is 3.35. The Morgan fingerprint density at radius 2 is 1.77 bits per heavy atom. The Hall–Kier alpha value is -2.76. The van der Waals surface area contributed by atoms with Gasteiger partial charge < -0.3 is 23.8 Å². The van der Waals surface area contributed by atoms with Crippen molar-refractivity contribution in [3.05, 3.63) is 6.20 Å². The van der Waals surface area contributed by atoms with E-state index in [2.05, 4.69) is 15.3 Å². The number of carbonyl (C=O) groups is 2. The van der Waals surface area contributed by atoms with Gasteiger partial charge in [-0.05, 0) is 20.8 Å². The number of aromatic nitrogens is 5. The molecule has 1 saturated heterocycles. The first-order valence-corrected chi connectivity index (χ1v) is 11.4. The molecule has 0 saturated carbocycles. The van der Waals surface area contributed by atoms with E-state index in [1.54, 1.807) is 21.4 Å². The molecular formula is C19H29N7O4S. The van der Waals surface area contributed by atoms with Crippen molar-refractivity contribution in [2.45, 2.75) is 32.5 Å². The van der Waals surface area contributed by atoms with Gasteiger partial charge >= 0.3 is 6.09 Å². The van der Waals surface area contributed by atoms with Crippen molar-refractivity contribution in [3.63, 3.8) is 0 Å². The molecule has 2 aromatic heterocycles.